The lowest BCUT2D eigenvalue weighted by Crippen LogP contribution is -2.11. The van der Waals surface area contributed by atoms with Gasteiger partial charge in [0.25, 0.3) is 0 Å². The number of pyridine rings is 1. The fourth-order valence-corrected chi connectivity index (χ4v) is 2.04. The van der Waals surface area contributed by atoms with Gasteiger partial charge in [-0.1, -0.05) is 18.2 Å². The normalized spacial score (nSPS) is 11.0. The molecule has 0 atom stereocenters. The molecule has 1 aromatic carbocycles. The Labute approximate surface area is 122 Å². The summed E-state index contributed by atoms with van der Waals surface area (Å²) in [6.07, 6.45) is 1.70. The Morgan fingerprint density at radius 3 is 2.67 bits per heavy atom. The van der Waals surface area contributed by atoms with Crippen LogP contribution in [0.1, 0.15) is 13.8 Å². The lowest BCUT2D eigenvalue weighted by atomic mass is 10.1. The van der Waals surface area contributed by atoms with Crippen LogP contribution in [0, 0.1) is 0 Å². The summed E-state index contributed by atoms with van der Waals surface area (Å²) in [5.41, 5.74) is 7.38. The van der Waals surface area contributed by atoms with Crippen LogP contribution in [0.15, 0.2) is 36.5 Å². The van der Waals surface area contributed by atoms with Crippen LogP contribution in [0.2, 0.25) is 0 Å². The van der Waals surface area contributed by atoms with E-state index >= 15 is 0 Å². The molecule has 0 radical (unpaired) electrons. The van der Waals surface area contributed by atoms with Crippen LogP contribution in [-0.4, -0.2) is 26.0 Å². The van der Waals surface area contributed by atoms with Gasteiger partial charge in [-0.3, -0.25) is 4.98 Å². The second-order valence-corrected chi connectivity index (χ2v) is 4.85. The van der Waals surface area contributed by atoms with Crippen molar-refractivity contribution in [2.24, 2.45) is 0 Å². The van der Waals surface area contributed by atoms with E-state index in [2.05, 4.69) is 19.9 Å². The number of hydrogen-bond acceptors (Lipinski definition) is 6. The van der Waals surface area contributed by atoms with Crippen molar-refractivity contribution in [3.05, 3.63) is 36.5 Å². The minimum atomic E-state index is -0.0368. The first kappa shape index (κ1) is 13.2. The molecule has 0 aliphatic carbocycles. The molecular weight excluding hydrogens is 266 g/mol. The number of hydrogen-bond donors (Lipinski definition) is 1. The highest BCUT2D eigenvalue weighted by atomic mass is 16.5. The van der Waals surface area contributed by atoms with Crippen molar-refractivity contribution < 1.29 is 4.74 Å². The first-order valence-corrected chi connectivity index (χ1v) is 6.66. The molecule has 2 N–H and O–H groups in total. The molecule has 21 heavy (non-hydrogen) atoms. The van der Waals surface area contributed by atoms with Crippen molar-refractivity contribution in [3.8, 4) is 17.4 Å². The fourth-order valence-electron chi connectivity index (χ4n) is 2.04. The molecule has 0 aliphatic rings. The zero-order valence-electron chi connectivity index (χ0n) is 11.8. The van der Waals surface area contributed by atoms with E-state index in [0.717, 1.165) is 16.5 Å². The average molecular weight is 281 g/mol. The molecule has 3 rings (SSSR count). The van der Waals surface area contributed by atoms with Crippen molar-refractivity contribution in [2.75, 3.05) is 5.73 Å². The molecule has 0 spiro atoms. The number of aromatic nitrogens is 4. The maximum atomic E-state index is 5.75. The van der Waals surface area contributed by atoms with E-state index < -0.39 is 0 Å². The fraction of sp³-hybridized carbons (Fsp3) is 0.200. The largest absolute Gasteiger partial charge is 0.461 e. The zero-order chi connectivity index (χ0) is 14.8. The molecule has 2 aromatic heterocycles. The van der Waals surface area contributed by atoms with E-state index in [1.165, 1.54) is 0 Å². The molecule has 0 amide bonds. The van der Waals surface area contributed by atoms with E-state index in [4.69, 9.17) is 10.5 Å². The van der Waals surface area contributed by atoms with Gasteiger partial charge in [-0.05, 0) is 26.0 Å². The van der Waals surface area contributed by atoms with E-state index in [1.807, 2.05) is 44.2 Å². The maximum absolute atomic E-state index is 5.75. The number of nitrogens with two attached hydrogens (primary N) is 1. The third-order valence-electron chi connectivity index (χ3n) is 2.85. The minimum Gasteiger partial charge on any atom is -0.461 e. The highest BCUT2D eigenvalue weighted by Crippen LogP contribution is 2.25. The van der Waals surface area contributed by atoms with Gasteiger partial charge in [0.05, 0.1) is 11.6 Å². The van der Waals surface area contributed by atoms with Gasteiger partial charge in [-0.25, -0.2) is 0 Å². The molecule has 0 fully saturated rings. The predicted molar refractivity (Wildman–Crippen MR) is 80.7 cm³/mol. The third-order valence-corrected chi connectivity index (χ3v) is 2.85. The topological polar surface area (TPSA) is 86.8 Å². The van der Waals surface area contributed by atoms with Crippen LogP contribution >= 0.6 is 0 Å². The molecule has 0 bridgehead atoms. The minimum absolute atomic E-state index is 0.0368. The number of ether oxygens (including phenoxy) is 1. The van der Waals surface area contributed by atoms with Crippen LogP contribution in [0.5, 0.6) is 6.01 Å². The van der Waals surface area contributed by atoms with E-state index in [0.29, 0.717) is 5.82 Å². The van der Waals surface area contributed by atoms with Gasteiger partial charge in [-0.15, -0.1) is 0 Å². The Hall–Kier alpha value is -2.76. The van der Waals surface area contributed by atoms with E-state index in [1.54, 1.807) is 6.20 Å². The maximum Gasteiger partial charge on any atom is 0.322 e. The Balaban J connectivity index is 2.16. The molecular formula is C15H15N5O. The summed E-state index contributed by atoms with van der Waals surface area (Å²) in [5, 5.41) is 1.01. The number of fused-ring (bicyclic) bond motifs is 1. The van der Waals surface area contributed by atoms with Gasteiger partial charge in [0.2, 0.25) is 5.95 Å². The highest BCUT2D eigenvalue weighted by molar-refractivity contribution is 5.91. The molecule has 0 saturated carbocycles. The van der Waals surface area contributed by atoms with Gasteiger partial charge < -0.3 is 10.5 Å². The second kappa shape index (κ2) is 5.32. The highest BCUT2D eigenvalue weighted by Gasteiger charge is 2.12. The van der Waals surface area contributed by atoms with Gasteiger partial charge in [0, 0.05) is 17.1 Å². The molecule has 0 unspecified atom stereocenters. The lowest BCUT2D eigenvalue weighted by molar-refractivity contribution is 0.222. The SMILES string of the molecule is CC(C)Oc1nc(N)nc(-c2cccc3cccnc23)n1. The van der Waals surface area contributed by atoms with Crippen LogP contribution in [0.4, 0.5) is 5.95 Å². The Morgan fingerprint density at radius 2 is 1.86 bits per heavy atom. The monoisotopic (exact) mass is 281 g/mol. The van der Waals surface area contributed by atoms with Crippen molar-refractivity contribution in [2.45, 2.75) is 20.0 Å². The van der Waals surface area contributed by atoms with Crippen LogP contribution in [0.25, 0.3) is 22.3 Å². The molecule has 0 aliphatic heterocycles. The number of anilines is 1. The van der Waals surface area contributed by atoms with E-state index in [9.17, 15) is 0 Å². The summed E-state index contributed by atoms with van der Waals surface area (Å²) in [6, 6.07) is 9.93. The Bertz CT molecular complexity index is 783. The second-order valence-electron chi connectivity index (χ2n) is 4.85. The molecule has 6 nitrogen and oxygen atoms in total. The number of para-hydroxylation sites is 1. The molecule has 106 valence electrons. The summed E-state index contributed by atoms with van der Waals surface area (Å²) in [5.74, 6) is 0.589. The summed E-state index contributed by atoms with van der Waals surface area (Å²) in [6.45, 7) is 3.80. The first-order valence-electron chi connectivity index (χ1n) is 6.66. The van der Waals surface area contributed by atoms with Crippen LogP contribution in [-0.2, 0) is 0 Å². The lowest BCUT2D eigenvalue weighted by Gasteiger charge is -2.10. The molecule has 3 aromatic rings. The summed E-state index contributed by atoms with van der Waals surface area (Å²) in [4.78, 5) is 16.9. The van der Waals surface area contributed by atoms with Gasteiger partial charge in [0.15, 0.2) is 5.82 Å². The van der Waals surface area contributed by atoms with Crippen LogP contribution < -0.4 is 10.5 Å². The molecule has 6 heteroatoms. The molecule has 2 heterocycles. The van der Waals surface area contributed by atoms with E-state index in [-0.39, 0.29) is 18.1 Å². The van der Waals surface area contributed by atoms with Crippen molar-refractivity contribution >= 4 is 16.9 Å². The van der Waals surface area contributed by atoms with Crippen molar-refractivity contribution in [3.63, 3.8) is 0 Å². The number of benzene rings is 1. The standard InChI is InChI=1S/C15H15N5O/c1-9(2)21-15-19-13(18-14(16)20-15)11-7-3-5-10-6-4-8-17-12(10)11/h3-9H,1-2H3,(H2,16,18,19,20). The summed E-state index contributed by atoms with van der Waals surface area (Å²) in [7, 11) is 0. The quantitative estimate of drug-likeness (QED) is 0.793. The zero-order valence-corrected chi connectivity index (χ0v) is 11.8. The van der Waals surface area contributed by atoms with Crippen molar-refractivity contribution in [1.82, 2.24) is 19.9 Å². The Morgan fingerprint density at radius 1 is 1.05 bits per heavy atom. The third kappa shape index (κ3) is 2.74. The van der Waals surface area contributed by atoms with Crippen LogP contribution in [0.3, 0.4) is 0 Å². The Kier molecular flexibility index (Phi) is 3.35. The first-order chi connectivity index (χ1) is 10.1. The summed E-state index contributed by atoms with van der Waals surface area (Å²) < 4.78 is 5.51. The molecule has 0 saturated heterocycles. The smallest absolute Gasteiger partial charge is 0.322 e. The number of nitrogen functional groups attached to an aromatic ring is 1. The number of nitrogens with zero attached hydrogens (tertiary/aromatic N) is 4. The predicted octanol–water partition coefficient (Wildman–Crippen LogP) is 2.46. The van der Waals surface area contributed by atoms with Gasteiger partial charge in [0.1, 0.15) is 0 Å². The summed E-state index contributed by atoms with van der Waals surface area (Å²) >= 11 is 0. The van der Waals surface area contributed by atoms with Crippen molar-refractivity contribution in [1.29, 1.82) is 0 Å². The van der Waals surface area contributed by atoms with Gasteiger partial charge in [-0.2, -0.15) is 15.0 Å². The van der Waals surface area contributed by atoms with Gasteiger partial charge >= 0.3 is 6.01 Å². The average Bonchev–Trinajstić information content (AvgIpc) is 2.45. The number of rotatable bonds is 3.